The maximum Gasteiger partial charge on any atom is 0.269 e. The smallest absolute Gasteiger partial charge is 0.269 e. The molecule has 3 atom stereocenters. The summed E-state index contributed by atoms with van der Waals surface area (Å²) in [6, 6.07) is 15.4. The SMILES string of the molecule is O=C1C[C@H](c2ccccc2)[C@H]1[C@@H](O)c1cccc([N+](=O)[O-])c1. The van der Waals surface area contributed by atoms with Crippen molar-refractivity contribution in [3.8, 4) is 0 Å². The highest BCUT2D eigenvalue weighted by atomic mass is 16.6. The number of non-ortho nitro benzene ring substituents is 1. The molecule has 2 aromatic carbocycles. The Morgan fingerprint density at radius 3 is 2.50 bits per heavy atom. The van der Waals surface area contributed by atoms with Crippen molar-refractivity contribution in [1.29, 1.82) is 0 Å². The summed E-state index contributed by atoms with van der Waals surface area (Å²) in [6.45, 7) is 0. The Kier molecular flexibility index (Phi) is 3.73. The minimum Gasteiger partial charge on any atom is -0.388 e. The number of carbonyl (C=O) groups excluding carboxylic acids is 1. The van der Waals surface area contributed by atoms with E-state index in [4.69, 9.17) is 0 Å². The van der Waals surface area contributed by atoms with Crippen LogP contribution in [0.4, 0.5) is 5.69 Å². The van der Waals surface area contributed by atoms with Gasteiger partial charge in [0.2, 0.25) is 0 Å². The zero-order valence-corrected chi connectivity index (χ0v) is 11.8. The van der Waals surface area contributed by atoms with Gasteiger partial charge in [-0.25, -0.2) is 0 Å². The number of nitro groups is 1. The van der Waals surface area contributed by atoms with Gasteiger partial charge in [-0.1, -0.05) is 42.5 Å². The third-order valence-electron chi connectivity index (χ3n) is 4.22. The van der Waals surface area contributed by atoms with Crippen LogP contribution in [0.1, 0.15) is 29.6 Å². The van der Waals surface area contributed by atoms with Crippen LogP contribution in [0, 0.1) is 16.0 Å². The maximum atomic E-state index is 12.0. The van der Waals surface area contributed by atoms with Crippen LogP contribution in [0.5, 0.6) is 0 Å². The van der Waals surface area contributed by atoms with Crippen LogP contribution in [0.15, 0.2) is 54.6 Å². The zero-order chi connectivity index (χ0) is 15.7. The van der Waals surface area contributed by atoms with Crippen molar-refractivity contribution in [2.75, 3.05) is 0 Å². The quantitative estimate of drug-likeness (QED) is 0.695. The van der Waals surface area contributed by atoms with Crippen molar-refractivity contribution in [3.63, 3.8) is 0 Å². The Morgan fingerprint density at radius 2 is 1.86 bits per heavy atom. The molecule has 0 heterocycles. The highest BCUT2D eigenvalue weighted by Gasteiger charge is 2.45. The van der Waals surface area contributed by atoms with Gasteiger partial charge in [-0.3, -0.25) is 14.9 Å². The molecule has 1 aliphatic rings. The Bertz CT molecular complexity index is 714. The van der Waals surface area contributed by atoms with Gasteiger partial charge >= 0.3 is 0 Å². The molecule has 0 aromatic heterocycles. The first-order valence-corrected chi connectivity index (χ1v) is 7.08. The van der Waals surface area contributed by atoms with Gasteiger partial charge in [-0.15, -0.1) is 0 Å². The van der Waals surface area contributed by atoms with E-state index in [1.807, 2.05) is 30.3 Å². The number of aliphatic hydroxyl groups excluding tert-OH is 1. The van der Waals surface area contributed by atoms with E-state index >= 15 is 0 Å². The molecule has 0 saturated heterocycles. The Morgan fingerprint density at radius 1 is 1.14 bits per heavy atom. The summed E-state index contributed by atoms with van der Waals surface area (Å²) in [6.07, 6.45) is -0.618. The number of carbonyl (C=O) groups is 1. The lowest BCUT2D eigenvalue weighted by molar-refractivity contribution is -0.385. The summed E-state index contributed by atoms with van der Waals surface area (Å²) >= 11 is 0. The molecular formula is C17H15NO4. The van der Waals surface area contributed by atoms with Crippen LogP contribution >= 0.6 is 0 Å². The van der Waals surface area contributed by atoms with E-state index < -0.39 is 16.9 Å². The number of aliphatic hydroxyl groups is 1. The lowest BCUT2D eigenvalue weighted by Crippen LogP contribution is -2.39. The Labute approximate surface area is 127 Å². The summed E-state index contributed by atoms with van der Waals surface area (Å²) in [7, 11) is 0. The first kappa shape index (κ1) is 14.4. The predicted molar refractivity (Wildman–Crippen MR) is 80.4 cm³/mol. The first-order chi connectivity index (χ1) is 10.6. The molecule has 0 radical (unpaired) electrons. The molecular weight excluding hydrogens is 282 g/mol. The van der Waals surface area contributed by atoms with Crippen LogP contribution < -0.4 is 0 Å². The first-order valence-electron chi connectivity index (χ1n) is 7.08. The number of ketones is 1. The molecule has 5 nitrogen and oxygen atoms in total. The van der Waals surface area contributed by atoms with Crippen molar-refractivity contribution in [2.45, 2.75) is 18.4 Å². The van der Waals surface area contributed by atoms with Crippen LogP contribution in [-0.4, -0.2) is 15.8 Å². The number of hydrogen-bond donors (Lipinski definition) is 1. The minimum atomic E-state index is -1.02. The highest BCUT2D eigenvalue weighted by molar-refractivity contribution is 5.90. The zero-order valence-electron chi connectivity index (χ0n) is 11.8. The highest BCUT2D eigenvalue weighted by Crippen LogP contribution is 2.46. The standard InChI is InChI=1S/C17H15NO4/c19-15-10-14(11-5-2-1-3-6-11)16(15)17(20)12-7-4-8-13(9-12)18(21)22/h1-9,14,16-17,20H,10H2/t14-,16-,17+/m1/s1. The second kappa shape index (κ2) is 5.69. The third kappa shape index (κ3) is 2.51. The Hall–Kier alpha value is -2.53. The molecule has 112 valence electrons. The van der Waals surface area contributed by atoms with Crippen molar-refractivity contribution in [2.24, 2.45) is 5.92 Å². The van der Waals surface area contributed by atoms with Crippen molar-refractivity contribution in [3.05, 3.63) is 75.8 Å². The number of benzene rings is 2. The molecule has 0 amide bonds. The fourth-order valence-electron chi connectivity index (χ4n) is 2.99. The van der Waals surface area contributed by atoms with Gasteiger partial charge in [-0.05, 0) is 11.1 Å². The van der Waals surface area contributed by atoms with Crippen LogP contribution in [0.2, 0.25) is 0 Å². The van der Waals surface area contributed by atoms with Crippen LogP contribution in [-0.2, 0) is 4.79 Å². The largest absolute Gasteiger partial charge is 0.388 e. The van der Waals surface area contributed by atoms with Gasteiger partial charge < -0.3 is 5.11 Å². The number of nitro benzene ring substituents is 1. The molecule has 1 N–H and O–H groups in total. The molecule has 0 bridgehead atoms. The molecule has 0 unspecified atom stereocenters. The minimum absolute atomic E-state index is 0.00661. The number of hydrogen-bond acceptors (Lipinski definition) is 4. The molecule has 1 fully saturated rings. The average molecular weight is 297 g/mol. The predicted octanol–water partition coefficient (Wildman–Crippen LogP) is 3.00. The van der Waals surface area contributed by atoms with E-state index in [-0.39, 0.29) is 17.4 Å². The van der Waals surface area contributed by atoms with Gasteiger partial charge in [0.15, 0.2) is 0 Å². The van der Waals surface area contributed by atoms with E-state index in [0.717, 1.165) is 5.56 Å². The van der Waals surface area contributed by atoms with Gasteiger partial charge in [0.25, 0.3) is 5.69 Å². The summed E-state index contributed by atoms with van der Waals surface area (Å²) < 4.78 is 0. The molecule has 1 aliphatic carbocycles. The van der Waals surface area contributed by atoms with Crippen molar-refractivity contribution < 1.29 is 14.8 Å². The monoisotopic (exact) mass is 297 g/mol. The summed E-state index contributed by atoms with van der Waals surface area (Å²) in [4.78, 5) is 22.3. The van der Waals surface area contributed by atoms with E-state index in [1.54, 1.807) is 6.07 Å². The lowest BCUT2D eigenvalue weighted by Gasteiger charge is -2.38. The van der Waals surface area contributed by atoms with Gasteiger partial charge in [0, 0.05) is 24.5 Å². The third-order valence-corrected chi connectivity index (χ3v) is 4.22. The average Bonchev–Trinajstić information content (AvgIpc) is 2.53. The summed E-state index contributed by atoms with van der Waals surface area (Å²) in [5.74, 6) is -0.583. The molecule has 0 aliphatic heterocycles. The molecule has 1 saturated carbocycles. The van der Waals surface area contributed by atoms with E-state index in [0.29, 0.717) is 12.0 Å². The van der Waals surface area contributed by atoms with Gasteiger partial charge in [0.05, 0.1) is 16.9 Å². The van der Waals surface area contributed by atoms with Crippen LogP contribution in [0.25, 0.3) is 0 Å². The second-order valence-corrected chi connectivity index (χ2v) is 5.51. The fraction of sp³-hybridized carbons (Fsp3) is 0.235. The number of Topliss-reactive ketones (excluding diaryl/α,β-unsaturated/α-hetero) is 1. The fourth-order valence-corrected chi connectivity index (χ4v) is 2.99. The molecule has 22 heavy (non-hydrogen) atoms. The second-order valence-electron chi connectivity index (χ2n) is 5.51. The summed E-state index contributed by atoms with van der Waals surface area (Å²) in [5.41, 5.74) is 1.34. The number of nitrogens with zero attached hydrogens (tertiary/aromatic N) is 1. The van der Waals surface area contributed by atoms with E-state index in [1.165, 1.54) is 18.2 Å². The lowest BCUT2D eigenvalue weighted by atomic mass is 9.65. The molecule has 2 aromatic rings. The van der Waals surface area contributed by atoms with Gasteiger partial charge in [0.1, 0.15) is 5.78 Å². The van der Waals surface area contributed by atoms with Crippen LogP contribution in [0.3, 0.4) is 0 Å². The molecule has 5 heteroatoms. The maximum absolute atomic E-state index is 12.0. The molecule has 0 spiro atoms. The van der Waals surface area contributed by atoms with Gasteiger partial charge in [-0.2, -0.15) is 0 Å². The Balaban J connectivity index is 1.87. The van der Waals surface area contributed by atoms with Crippen molar-refractivity contribution >= 4 is 11.5 Å². The number of rotatable bonds is 4. The summed E-state index contributed by atoms with van der Waals surface area (Å²) in [5, 5.41) is 21.3. The van der Waals surface area contributed by atoms with Crippen molar-refractivity contribution in [1.82, 2.24) is 0 Å². The van der Waals surface area contributed by atoms with E-state index in [2.05, 4.69) is 0 Å². The van der Waals surface area contributed by atoms with E-state index in [9.17, 15) is 20.0 Å². The molecule has 3 rings (SSSR count). The normalized spacial score (nSPS) is 22.0. The topological polar surface area (TPSA) is 80.4 Å².